The van der Waals surface area contributed by atoms with Crippen molar-refractivity contribution in [2.45, 2.75) is 0 Å². The topological polar surface area (TPSA) is 55.0 Å². The Morgan fingerprint density at radius 2 is 2.05 bits per heavy atom. The minimum Gasteiger partial charge on any atom is -0.429 e. The van der Waals surface area contributed by atoms with E-state index in [0.29, 0.717) is 28.9 Å². The third-order valence-corrected chi connectivity index (χ3v) is 2.85. The first-order valence-electron chi connectivity index (χ1n) is 5.63. The van der Waals surface area contributed by atoms with Crippen LogP contribution in [0.4, 0.5) is 4.39 Å². The first-order chi connectivity index (χ1) is 9.29. The van der Waals surface area contributed by atoms with Crippen molar-refractivity contribution in [3.63, 3.8) is 0 Å². The van der Waals surface area contributed by atoms with E-state index in [0.717, 1.165) is 5.52 Å². The van der Waals surface area contributed by atoms with Gasteiger partial charge in [0, 0.05) is 10.9 Å². The molecule has 4 nitrogen and oxygen atoms in total. The second-order valence-electron chi connectivity index (χ2n) is 3.97. The van der Waals surface area contributed by atoms with Gasteiger partial charge in [-0.3, -0.25) is 9.89 Å². The Bertz CT molecular complexity index is 752. The molecule has 5 heteroatoms. The van der Waals surface area contributed by atoms with Crippen LogP contribution in [0, 0.1) is 5.82 Å². The molecule has 19 heavy (non-hydrogen) atoms. The molecule has 94 valence electrons. The van der Waals surface area contributed by atoms with E-state index in [-0.39, 0.29) is 5.82 Å². The lowest BCUT2D eigenvalue weighted by atomic mass is 10.1. The molecule has 1 heterocycles. The lowest BCUT2D eigenvalue weighted by Gasteiger charge is -2.01. The SMILES string of the molecule is O=COc1ccc2[nH]nc(-c3ccccc3F)c2c1. The van der Waals surface area contributed by atoms with E-state index in [1.54, 1.807) is 36.4 Å². The number of aromatic amines is 1. The molecule has 0 aliphatic rings. The summed E-state index contributed by atoms with van der Waals surface area (Å²) < 4.78 is 18.6. The predicted octanol–water partition coefficient (Wildman–Crippen LogP) is 2.90. The van der Waals surface area contributed by atoms with Gasteiger partial charge in [-0.25, -0.2) is 4.39 Å². The van der Waals surface area contributed by atoms with Gasteiger partial charge in [-0.05, 0) is 30.3 Å². The van der Waals surface area contributed by atoms with E-state index in [4.69, 9.17) is 4.74 Å². The fourth-order valence-corrected chi connectivity index (χ4v) is 1.98. The van der Waals surface area contributed by atoms with Crippen LogP contribution in [-0.4, -0.2) is 16.7 Å². The highest BCUT2D eigenvalue weighted by Crippen LogP contribution is 2.30. The molecule has 0 amide bonds. The van der Waals surface area contributed by atoms with E-state index in [1.165, 1.54) is 6.07 Å². The van der Waals surface area contributed by atoms with Crippen LogP contribution >= 0.6 is 0 Å². The molecule has 0 fully saturated rings. The molecule has 0 saturated heterocycles. The molecular weight excluding hydrogens is 247 g/mol. The molecule has 0 aliphatic heterocycles. The third-order valence-electron chi connectivity index (χ3n) is 2.85. The molecule has 0 bridgehead atoms. The van der Waals surface area contributed by atoms with Crippen LogP contribution in [0.5, 0.6) is 5.75 Å². The first kappa shape index (κ1) is 11.4. The van der Waals surface area contributed by atoms with Crippen molar-refractivity contribution < 1.29 is 13.9 Å². The van der Waals surface area contributed by atoms with E-state index < -0.39 is 0 Å². The highest BCUT2D eigenvalue weighted by Gasteiger charge is 2.12. The number of nitrogens with one attached hydrogen (secondary N) is 1. The van der Waals surface area contributed by atoms with Gasteiger partial charge >= 0.3 is 0 Å². The summed E-state index contributed by atoms with van der Waals surface area (Å²) in [7, 11) is 0. The van der Waals surface area contributed by atoms with Crippen LogP contribution in [-0.2, 0) is 4.79 Å². The van der Waals surface area contributed by atoms with Crippen molar-refractivity contribution in [3.8, 4) is 17.0 Å². The highest BCUT2D eigenvalue weighted by molar-refractivity contribution is 5.94. The molecule has 0 unspecified atom stereocenters. The molecule has 3 rings (SSSR count). The average Bonchev–Trinajstić information content (AvgIpc) is 2.83. The zero-order valence-corrected chi connectivity index (χ0v) is 9.76. The Hall–Kier alpha value is -2.69. The van der Waals surface area contributed by atoms with E-state index in [9.17, 15) is 9.18 Å². The largest absolute Gasteiger partial charge is 0.429 e. The fraction of sp³-hybridized carbons (Fsp3) is 0. The number of hydrogen-bond donors (Lipinski definition) is 1. The van der Waals surface area contributed by atoms with Gasteiger partial charge in [0.25, 0.3) is 6.47 Å². The van der Waals surface area contributed by atoms with Gasteiger partial charge in [0.2, 0.25) is 0 Å². The number of hydrogen-bond acceptors (Lipinski definition) is 3. The lowest BCUT2D eigenvalue weighted by molar-refractivity contribution is -0.120. The fourth-order valence-electron chi connectivity index (χ4n) is 1.98. The second-order valence-corrected chi connectivity index (χ2v) is 3.97. The summed E-state index contributed by atoms with van der Waals surface area (Å²) in [6.45, 7) is 0.351. The number of ether oxygens (including phenoxy) is 1. The maximum absolute atomic E-state index is 13.8. The van der Waals surface area contributed by atoms with Gasteiger partial charge in [0.1, 0.15) is 17.3 Å². The Kier molecular flexibility index (Phi) is 2.72. The number of nitrogens with zero attached hydrogens (tertiary/aromatic N) is 1. The Morgan fingerprint density at radius 1 is 1.21 bits per heavy atom. The number of fused-ring (bicyclic) bond motifs is 1. The van der Waals surface area contributed by atoms with Crippen molar-refractivity contribution in [1.29, 1.82) is 0 Å². The minimum atomic E-state index is -0.349. The van der Waals surface area contributed by atoms with E-state index in [1.807, 2.05) is 0 Å². The van der Waals surface area contributed by atoms with Crippen molar-refractivity contribution in [3.05, 3.63) is 48.3 Å². The Labute approximate surface area is 107 Å². The summed E-state index contributed by atoms with van der Waals surface area (Å²) in [5, 5.41) is 7.64. The first-order valence-corrected chi connectivity index (χ1v) is 5.63. The Morgan fingerprint density at radius 3 is 2.84 bits per heavy atom. The smallest absolute Gasteiger partial charge is 0.298 e. The normalized spacial score (nSPS) is 10.6. The van der Waals surface area contributed by atoms with Gasteiger partial charge in [-0.1, -0.05) is 12.1 Å². The standard InChI is InChI=1S/C14H9FN2O2/c15-12-4-2-1-3-10(12)14-11-7-9(19-8-18)5-6-13(11)16-17-14/h1-8H,(H,16,17). The minimum absolute atomic E-state index is 0.349. The van der Waals surface area contributed by atoms with Crippen LogP contribution in [0.25, 0.3) is 22.2 Å². The number of halogens is 1. The predicted molar refractivity (Wildman–Crippen MR) is 68.2 cm³/mol. The summed E-state index contributed by atoms with van der Waals surface area (Å²) in [5.41, 5.74) is 1.64. The van der Waals surface area contributed by atoms with Gasteiger partial charge in [-0.15, -0.1) is 0 Å². The molecular formula is C14H9FN2O2. The summed E-state index contributed by atoms with van der Waals surface area (Å²) in [6.07, 6.45) is 0. The van der Waals surface area contributed by atoms with Crippen LogP contribution in [0.3, 0.4) is 0 Å². The van der Waals surface area contributed by atoms with E-state index >= 15 is 0 Å². The third kappa shape index (κ3) is 1.95. The maximum atomic E-state index is 13.8. The van der Waals surface area contributed by atoms with Gasteiger partial charge in [0.15, 0.2) is 0 Å². The number of rotatable bonds is 3. The second kappa shape index (κ2) is 4.53. The quantitative estimate of drug-likeness (QED) is 0.733. The van der Waals surface area contributed by atoms with Gasteiger partial charge in [-0.2, -0.15) is 5.10 Å². The molecule has 0 saturated carbocycles. The summed E-state index contributed by atoms with van der Waals surface area (Å²) >= 11 is 0. The summed E-state index contributed by atoms with van der Waals surface area (Å²) in [5.74, 6) is 0.0408. The number of carbonyl (C=O) groups excluding carboxylic acids is 1. The zero-order valence-electron chi connectivity index (χ0n) is 9.76. The molecule has 3 aromatic rings. The maximum Gasteiger partial charge on any atom is 0.298 e. The number of H-pyrrole nitrogens is 1. The molecule has 0 atom stereocenters. The summed E-state index contributed by atoms with van der Waals surface area (Å²) in [4.78, 5) is 10.4. The van der Waals surface area contributed by atoms with Crippen LogP contribution in [0.1, 0.15) is 0 Å². The van der Waals surface area contributed by atoms with Gasteiger partial charge in [0.05, 0.1) is 5.52 Å². The molecule has 0 aliphatic carbocycles. The average molecular weight is 256 g/mol. The molecule has 0 spiro atoms. The molecule has 1 N–H and O–H groups in total. The number of benzene rings is 2. The molecule has 1 aromatic heterocycles. The van der Waals surface area contributed by atoms with Crippen molar-refractivity contribution in [2.75, 3.05) is 0 Å². The lowest BCUT2D eigenvalue weighted by Crippen LogP contribution is -1.88. The van der Waals surface area contributed by atoms with Crippen molar-refractivity contribution in [1.82, 2.24) is 10.2 Å². The molecule has 2 aromatic carbocycles. The van der Waals surface area contributed by atoms with Crippen molar-refractivity contribution in [2.24, 2.45) is 0 Å². The van der Waals surface area contributed by atoms with Crippen LogP contribution in [0.15, 0.2) is 42.5 Å². The molecule has 0 radical (unpaired) electrons. The van der Waals surface area contributed by atoms with Crippen LogP contribution < -0.4 is 4.74 Å². The van der Waals surface area contributed by atoms with Crippen molar-refractivity contribution >= 4 is 17.4 Å². The van der Waals surface area contributed by atoms with Crippen LogP contribution in [0.2, 0.25) is 0 Å². The summed E-state index contributed by atoms with van der Waals surface area (Å²) in [6, 6.07) is 11.4. The highest BCUT2D eigenvalue weighted by atomic mass is 19.1. The Balaban J connectivity index is 2.21. The van der Waals surface area contributed by atoms with E-state index in [2.05, 4.69) is 10.2 Å². The monoisotopic (exact) mass is 256 g/mol. The number of aromatic nitrogens is 2. The van der Waals surface area contributed by atoms with Gasteiger partial charge < -0.3 is 4.74 Å². The number of carbonyl (C=O) groups is 1. The zero-order chi connectivity index (χ0) is 13.2.